The molecule has 0 aliphatic rings. The van der Waals surface area contributed by atoms with Gasteiger partial charge in [-0.25, -0.2) is 4.39 Å². The van der Waals surface area contributed by atoms with Gasteiger partial charge in [-0.15, -0.1) is 0 Å². The third kappa shape index (κ3) is 5.01. The van der Waals surface area contributed by atoms with Crippen LogP contribution < -0.4 is 14.8 Å². The van der Waals surface area contributed by atoms with Gasteiger partial charge in [0.1, 0.15) is 12.4 Å². The van der Waals surface area contributed by atoms with Crippen LogP contribution in [0.5, 0.6) is 11.5 Å². The number of benzene rings is 2. The Morgan fingerprint density at radius 1 is 1.07 bits per heavy atom. The van der Waals surface area contributed by atoms with E-state index in [9.17, 15) is 4.39 Å². The van der Waals surface area contributed by atoms with Crippen molar-refractivity contribution in [2.75, 3.05) is 7.11 Å². The normalized spacial score (nSPS) is 10.7. The lowest BCUT2D eigenvalue weighted by Crippen LogP contribution is -2.15. The zero-order valence-electron chi connectivity index (χ0n) is 15.2. The van der Waals surface area contributed by atoms with E-state index in [1.165, 1.54) is 6.07 Å². The topological polar surface area (TPSA) is 43.4 Å². The second kappa shape index (κ2) is 9.87. The quantitative estimate of drug-likeness (QED) is 0.476. The summed E-state index contributed by atoms with van der Waals surface area (Å²) < 4.78 is 26.3. The molecule has 3 aromatic rings. The molecule has 0 amide bonds. The molecule has 28 heavy (non-hydrogen) atoms. The van der Waals surface area contributed by atoms with Gasteiger partial charge in [0, 0.05) is 34.9 Å². The maximum Gasteiger partial charge on any atom is 0.167 e. The fourth-order valence-electron chi connectivity index (χ4n) is 2.70. The monoisotopic (exact) mass is 464 g/mol. The molecule has 1 heterocycles. The van der Waals surface area contributed by atoms with E-state index < -0.39 is 5.82 Å². The standard InChI is InChI=1S/C21H19BrClFN2O2/c1-27-20-9-8-17(22)15(12-25-11-14-5-2-3-10-26-14)21(20)28-13-16-18(23)6-4-7-19(16)24/h2-10,25H,11-13H2,1H3. The molecular weight excluding hydrogens is 447 g/mol. The highest BCUT2D eigenvalue weighted by atomic mass is 79.9. The van der Waals surface area contributed by atoms with Gasteiger partial charge in [-0.3, -0.25) is 4.98 Å². The molecule has 0 atom stereocenters. The highest BCUT2D eigenvalue weighted by molar-refractivity contribution is 9.10. The first-order chi connectivity index (χ1) is 13.6. The lowest BCUT2D eigenvalue weighted by Gasteiger charge is -2.18. The van der Waals surface area contributed by atoms with Gasteiger partial charge in [0.25, 0.3) is 0 Å². The Bertz CT molecular complexity index is 921. The van der Waals surface area contributed by atoms with Crippen molar-refractivity contribution in [2.45, 2.75) is 19.7 Å². The Morgan fingerprint density at radius 3 is 2.64 bits per heavy atom. The van der Waals surface area contributed by atoms with Crippen LogP contribution in [0, 0.1) is 5.82 Å². The molecule has 0 bridgehead atoms. The van der Waals surface area contributed by atoms with Crippen LogP contribution in [0.25, 0.3) is 0 Å². The predicted molar refractivity (Wildman–Crippen MR) is 111 cm³/mol. The third-order valence-electron chi connectivity index (χ3n) is 4.14. The van der Waals surface area contributed by atoms with Crippen molar-refractivity contribution in [1.82, 2.24) is 10.3 Å². The summed E-state index contributed by atoms with van der Waals surface area (Å²) in [6, 6.07) is 14.0. The molecule has 0 radical (unpaired) electrons. The Kier molecular flexibility index (Phi) is 7.25. The van der Waals surface area contributed by atoms with Crippen LogP contribution >= 0.6 is 27.5 Å². The van der Waals surface area contributed by atoms with E-state index in [1.54, 1.807) is 31.5 Å². The zero-order valence-corrected chi connectivity index (χ0v) is 17.6. The number of halogens is 3. The first kappa shape index (κ1) is 20.6. The van der Waals surface area contributed by atoms with Gasteiger partial charge >= 0.3 is 0 Å². The second-order valence-corrected chi connectivity index (χ2v) is 7.23. The Balaban J connectivity index is 1.79. The first-order valence-electron chi connectivity index (χ1n) is 8.62. The van der Waals surface area contributed by atoms with Crippen LogP contribution in [-0.4, -0.2) is 12.1 Å². The number of aromatic nitrogens is 1. The summed E-state index contributed by atoms with van der Waals surface area (Å²) in [5.41, 5.74) is 2.10. The van der Waals surface area contributed by atoms with Crippen molar-refractivity contribution in [1.29, 1.82) is 0 Å². The van der Waals surface area contributed by atoms with Crippen molar-refractivity contribution in [2.24, 2.45) is 0 Å². The molecule has 1 N–H and O–H groups in total. The molecule has 0 spiro atoms. The van der Waals surface area contributed by atoms with E-state index >= 15 is 0 Å². The van der Waals surface area contributed by atoms with E-state index in [0.717, 1.165) is 15.7 Å². The summed E-state index contributed by atoms with van der Waals surface area (Å²) in [4.78, 5) is 4.30. The van der Waals surface area contributed by atoms with Gasteiger partial charge < -0.3 is 14.8 Å². The van der Waals surface area contributed by atoms with Gasteiger partial charge in [0.15, 0.2) is 11.5 Å². The summed E-state index contributed by atoms with van der Waals surface area (Å²) >= 11 is 9.67. The maximum atomic E-state index is 14.1. The molecule has 1 aromatic heterocycles. The molecule has 2 aromatic carbocycles. The lowest BCUT2D eigenvalue weighted by molar-refractivity contribution is 0.275. The molecule has 3 rings (SSSR count). The van der Waals surface area contributed by atoms with Crippen LogP contribution in [-0.2, 0) is 19.7 Å². The number of hydrogen-bond donors (Lipinski definition) is 1. The largest absolute Gasteiger partial charge is 0.493 e. The molecule has 0 saturated heterocycles. The Labute approximate surface area is 176 Å². The molecule has 0 unspecified atom stereocenters. The van der Waals surface area contributed by atoms with Crippen molar-refractivity contribution in [3.8, 4) is 11.5 Å². The Hall–Kier alpha value is -2.15. The lowest BCUT2D eigenvalue weighted by atomic mass is 10.1. The summed E-state index contributed by atoms with van der Waals surface area (Å²) in [7, 11) is 1.57. The van der Waals surface area contributed by atoms with Crippen molar-refractivity contribution in [3.05, 3.63) is 86.9 Å². The second-order valence-electron chi connectivity index (χ2n) is 5.97. The van der Waals surface area contributed by atoms with Crippen molar-refractivity contribution in [3.63, 3.8) is 0 Å². The summed E-state index contributed by atoms with van der Waals surface area (Å²) in [6.45, 7) is 1.10. The zero-order chi connectivity index (χ0) is 19.9. The molecule has 146 valence electrons. The van der Waals surface area contributed by atoms with Gasteiger partial charge in [-0.2, -0.15) is 0 Å². The summed E-state index contributed by atoms with van der Waals surface area (Å²) in [6.07, 6.45) is 1.76. The number of hydrogen-bond acceptors (Lipinski definition) is 4. The minimum Gasteiger partial charge on any atom is -0.493 e. The molecule has 4 nitrogen and oxygen atoms in total. The fraction of sp³-hybridized carbons (Fsp3) is 0.190. The van der Waals surface area contributed by atoms with E-state index in [1.807, 2.05) is 24.3 Å². The SMILES string of the molecule is COc1ccc(Br)c(CNCc2ccccn2)c1OCc1c(F)cccc1Cl. The van der Waals surface area contributed by atoms with Crippen LogP contribution in [0.4, 0.5) is 4.39 Å². The minimum atomic E-state index is -0.406. The average molecular weight is 466 g/mol. The number of rotatable bonds is 8. The molecule has 0 saturated carbocycles. The van der Waals surface area contributed by atoms with E-state index in [-0.39, 0.29) is 6.61 Å². The van der Waals surface area contributed by atoms with E-state index in [2.05, 4.69) is 26.2 Å². The number of nitrogens with zero attached hydrogens (tertiary/aromatic N) is 1. The number of methoxy groups -OCH3 is 1. The number of ether oxygens (including phenoxy) is 2. The number of nitrogens with one attached hydrogen (secondary N) is 1. The smallest absolute Gasteiger partial charge is 0.167 e. The van der Waals surface area contributed by atoms with E-state index in [4.69, 9.17) is 21.1 Å². The van der Waals surface area contributed by atoms with Gasteiger partial charge in [-0.1, -0.05) is 39.7 Å². The summed E-state index contributed by atoms with van der Waals surface area (Å²) in [5, 5.41) is 3.67. The molecule has 0 aliphatic carbocycles. The Morgan fingerprint density at radius 2 is 1.93 bits per heavy atom. The van der Waals surface area contributed by atoms with Gasteiger partial charge in [0.05, 0.1) is 17.8 Å². The molecule has 7 heteroatoms. The minimum absolute atomic E-state index is 0.00837. The van der Waals surface area contributed by atoms with Crippen LogP contribution in [0.1, 0.15) is 16.8 Å². The van der Waals surface area contributed by atoms with Crippen molar-refractivity contribution < 1.29 is 13.9 Å². The molecular formula is C21H19BrClFN2O2. The maximum absolute atomic E-state index is 14.1. The first-order valence-corrected chi connectivity index (χ1v) is 9.79. The highest BCUT2D eigenvalue weighted by Gasteiger charge is 2.16. The van der Waals surface area contributed by atoms with Gasteiger partial charge in [0.2, 0.25) is 0 Å². The molecule has 0 aliphatic heterocycles. The average Bonchev–Trinajstić information content (AvgIpc) is 2.70. The van der Waals surface area contributed by atoms with Crippen LogP contribution in [0.15, 0.2) is 59.2 Å². The summed E-state index contributed by atoms with van der Waals surface area (Å²) in [5.74, 6) is 0.686. The third-order valence-corrected chi connectivity index (χ3v) is 5.24. The van der Waals surface area contributed by atoms with Crippen LogP contribution in [0.2, 0.25) is 5.02 Å². The molecule has 0 fully saturated rings. The highest BCUT2D eigenvalue weighted by Crippen LogP contribution is 2.37. The predicted octanol–water partition coefficient (Wildman–Crippen LogP) is 5.51. The van der Waals surface area contributed by atoms with Crippen molar-refractivity contribution >= 4 is 27.5 Å². The van der Waals surface area contributed by atoms with Crippen LogP contribution in [0.3, 0.4) is 0 Å². The van der Waals surface area contributed by atoms with E-state index in [0.29, 0.717) is 35.2 Å². The van der Waals surface area contributed by atoms with Gasteiger partial charge in [-0.05, 0) is 36.4 Å². The fourth-order valence-corrected chi connectivity index (χ4v) is 3.37. The number of pyridine rings is 1.